The molecular weight excluding hydrogens is 444 g/mol. The summed E-state index contributed by atoms with van der Waals surface area (Å²) in [5.74, 6) is 0.929. The standard InChI is InChI=1S/C28H42N2O5/c1-16(2)14-19(25(32)35-26(3,4)5)29-18-10-11-28(33-7)21-15-17-8-9-20(31)23-22(17)27(28,24(18)34-23)12-13-30(21)6/h8-9,16,18-19,21,24,29,31H,10-15H2,1-7H3/t18-,19+,21-,24+,27+,28-/m1/s1. The lowest BCUT2D eigenvalue weighted by molar-refractivity contribution is -0.204. The summed E-state index contributed by atoms with van der Waals surface area (Å²) in [7, 11) is 4.04. The molecule has 2 N–H and O–H groups in total. The molecular formula is C28H42N2O5. The lowest BCUT2D eigenvalue weighted by atomic mass is 9.48. The molecule has 0 amide bonds. The maximum Gasteiger partial charge on any atom is 0.323 e. The fraction of sp³-hybridized carbons (Fsp3) is 0.750. The number of carbonyl (C=O) groups is 1. The number of ether oxygens (including phenoxy) is 3. The van der Waals surface area contributed by atoms with Crippen molar-refractivity contribution in [3.05, 3.63) is 23.3 Å². The van der Waals surface area contributed by atoms with Gasteiger partial charge in [-0.2, -0.15) is 0 Å². The monoisotopic (exact) mass is 486 g/mol. The fourth-order valence-electron chi connectivity index (χ4n) is 7.65. The second kappa shape index (κ2) is 8.35. The van der Waals surface area contributed by atoms with Gasteiger partial charge in [-0.15, -0.1) is 0 Å². The van der Waals surface area contributed by atoms with E-state index < -0.39 is 17.2 Å². The highest BCUT2D eigenvalue weighted by molar-refractivity contribution is 5.76. The van der Waals surface area contributed by atoms with E-state index in [1.807, 2.05) is 27.9 Å². The highest BCUT2D eigenvalue weighted by Gasteiger charge is 2.73. The number of piperidine rings is 1. The first-order valence-corrected chi connectivity index (χ1v) is 13.2. The number of methoxy groups -OCH3 is 1. The molecule has 0 aromatic heterocycles. The number of likely N-dealkylation sites (N-methyl/N-ethyl adjacent to an activating group) is 1. The second-order valence-electron chi connectivity index (χ2n) is 12.5. The van der Waals surface area contributed by atoms with Crippen molar-refractivity contribution in [2.24, 2.45) is 5.92 Å². The summed E-state index contributed by atoms with van der Waals surface area (Å²) in [6, 6.07) is 3.59. The summed E-state index contributed by atoms with van der Waals surface area (Å²) in [4.78, 5) is 15.7. The van der Waals surface area contributed by atoms with Crippen molar-refractivity contribution >= 4 is 5.97 Å². The second-order valence-corrected chi connectivity index (χ2v) is 12.5. The first-order valence-electron chi connectivity index (χ1n) is 13.2. The topological polar surface area (TPSA) is 80.3 Å². The van der Waals surface area contributed by atoms with Crippen molar-refractivity contribution < 1.29 is 24.1 Å². The van der Waals surface area contributed by atoms with Gasteiger partial charge in [0.05, 0.1) is 11.0 Å². The molecule has 7 nitrogen and oxygen atoms in total. The highest BCUT2D eigenvalue weighted by Crippen LogP contribution is 2.66. The lowest BCUT2D eigenvalue weighted by Gasteiger charge is -2.65. The van der Waals surface area contributed by atoms with E-state index in [0.717, 1.165) is 37.8 Å². The molecule has 0 radical (unpaired) electrons. The summed E-state index contributed by atoms with van der Waals surface area (Å²) < 4.78 is 19.0. The zero-order chi connectivity index (χ0) is 25.3. The zero-order valence-electron chi connectivity index (χ0n) is 22.3. The van der Waals surface area contributed by atoms with Crippen molar-refractivity contribution in [1.29, 1.82) is 0 Å². The number of nitrogens with one attached hydrogen (secondary N) is 1. The Morgan fingerprint density at radius 3 is 2.71 bits per heavy atom. The molecule has 2 heterocycles. The van der Waals surface area contributed by atoms with Crippen molar-refractivity contribution in [2.75, 3.05) is 20.7 Å². The van der Waals surface area contributed by atoms with Gasteiger partial charge in [-0.3, -0.25) is 10.1 Å². The van der Waals surface area contributed by atoms with Gasteiger partial charge in [-0.25, -0.2) is 0 Å². The molecule has 5 rings (SSSR count). The number of hydrogen-bond acceptors (Lipinski definition) is 7. The van der Waals surface area contributed by atoms with Gasteiger partial charge in [0.25, 0.3) is 0 Å². The number of rotatable bonds is 6. The van der Waals surface area contributed by atoms with Crippen LogP contribution in [0.15, 0.2) is 12.1 Å². The predicted octanol–water partition coefficient (Wildman–Crippen LogP) is 3.54. The summed E-state index contributed by atoms with van der Waals surface area (Å²) >= 11 is 0. The van der Waals surface area contributed by atoms with E-state index in [1.165, 1.54) is 5.56 Å². The van der Waals surface area contributed by atoms with Gasteiger partial charge < -0.3 is 24.2 Å². The van der Waals surface area contributed by atoms with Gasteiger partial charge in [0.2, 0.25) is 0 Å². The normalized spacial score (nSPS) is 34.3. The molecule has 2 bridgehead atoms. The quantitative estimate of drug-likeness (QED) is 0.596. The Balaban J connectivity index is 1.56. The Bertz CT molecular complexity index is 1000. The number of nitrogens with zero attached hydrogens (tertiary/aromatic N) is 1. The van der Waals surface area contributed by atoms with E-state index >= 15 is 0 Å². The number of carbonyl (C=O) groups excluding carboxylic acids is 1. The van der Waals surface area contributed by atoms with E-state index in [1.54, 1.807) is 6.07 Å². The van der Waals surface area contributed by atoms with Crippen LogP contribution in [0.5, 0.6) is 11.5 Å². The lowest BCUT2D eigenvalue weighted by Crippen LogP contribution is -2.78. The highest BCUT2D eigenvalue weighted by atomic mass is 16.6. The van der Waals surface area contributed by atoms with Crippen molar-refractivity contribution in [2.45, 2.75) is 108 Å². The van der Waals surface area contributed by atoms with Crippen LogP contribution in [0, 0.1) is 5.92 Å². The van der Waals surface area contributed by atoms with Gasteiger partial charge in [0.1, 0.15) is 17.7 Å². The molecule has 2 aliphatic heterocycles. The van der Waals surface area contributed by atoms with E-state index in [-0.39, 0.29) is 35.3 Å². The molecule has 4 aliphatic rings. The number of hydrogen-bond donors (Lipinski definition) is 2. The van der Waals surface area contributed by atoms with E-state index in [0.29, 0.717) is 18.1 Å². The number of phenolic OH excluding ortho intramolecular Hbond substituents is 1. The van der Waals surface area contributed by atoms with Crippen LogP contribution in [0.2, 0.25) is 0 Å². The largest absolute Gasteiger partial charge is 0.504 e. The third-order valence-corrected chi connectivity index (χ3v) is 8.87. The first-order chi connectivity index (χ1) is 16.4. The van der Waals surface area contributed by atoms with Gasteiger partial charge in [0, 0.05) is 24.8 Å². The average molecular weight is 487 g/mol. The Hall–Kier alpha value is -1.83. The van der Waals surface area contributed by atoms with Gasteiger partial charge >= 0.3 is 5.97 Å². The molecule has 2 fully saturated rings. The van der Waals surface area contributed by atoms with Crippen LogP contribution >= 0.6 is 0 Å². The summed E-state index contributed by atoms with van der Waals surface area (Å²) in [6.45, 7) is 10.9. The number of aromatic hydroxyl groups is 1. The summed E-state index contributed by atoms with van der Waals surface area (Å²) in [5, 5.41) is 14.5. The van der Waals surface area contributed by atoms with Crippen molar-refractivity contribution in [3.63, 3.8) is 0 Å². The first kappa shape index (κ1) is 24.8. The predicted molar refractivity (Wildman–Crippen MR) is 134 cm³/mol. The maximum atomic E-state index is 13.2. The number of esters is 1. The Kier molecular flexibility index (Phi) is 5.93. The maximum absolute atomic E-state index is 13.2. The van der Waals surface area contributed by atoms with Crippen molar-refractivity contribution in [3.8, 4) is 11.5 Å². The van der Waals surface area contributed by atoms with Crippen LogP contribution in [0.1, 0.15) is 71.4 Å². The molecule has 35 heavy (non-hydrogen) atoms. The van der Waals surface area contributed by atoms with Gasteiger partial charge in [-0.05, 0) is 84.0 Å². The van der Waals surface area contributed by atoms with E-state index in [2.05, 4.69) is 37.2 Å². The van der Waals surface area contributed by atoms with Crippen LogP contribution in [-0.2, 0) is 26.1 Å². The number of likely N-dealkylation sites (tertiary alicyclic amines) is 1. The average Bonchev–Trinajstić information content (AvgIpc) is 3.13. The summed E-state index contributed by atoms with van der Waals surface area (Å²) in [6.07, 6.45) is 3.93. The molecule has 1 aromatic carbocycles. The summed E-state index contributed by atoms with van der Waals surface area (Å²) in [5.41, 5.74) is 1.07. The molecule has 7 heteroatoms. The third-order valence-electron chi connectivity index (χ3n) is 8.87. The smallest absolute Gasteiger partial charge is 0.323 e. The van der Waals surface area contributed by atoms with Crippen molar-refractivity contribution in [1.82, 2.24) is 10.2 Å². The van der Waals surface area contributed by atoms with E-state index in [9.17, 15) is 9.90 Å². The Morgan fingerprint density at radius 2 is 2.06 bits per heavy atom. The minimum absolute atomic E-state index is 0.0589. The molecule has 6 atom stereocenters. The van der Waals surface area contributed by atoms with Crippen LogP contribution in [0.25, 0.3) is 0 Å². The Labute approximate surface area is 209 Å². The SMILES string of the molecule is CO[C@@]12CC[C@@H](N[C@@H](CC(C)C)C(=O)OC(C)(C)C)[C@@H]3Oc4c(O)ccc5c4[C@@]31CCN(C)[C@@H]2C5. The van der Waals surface area contributed by atoms with Gasteiger partial charge in [-0.1, -0.05) is 19.9 Å². The fourth-order valence-corrected chi connectivity index (χ4v) is 7.65. The molecule has 0 unspecified atom stereocenters. The van der Waals surface area contributed by atoms with Gasteiger partial charge in [0.15, 0.2) is 11.5 Å². The van der Waals surface area contributed by atoms with Crippen LogP contribution in [0.4, 0.5) is 0 Å². The molecule has 1 saturated heterocycles. The Morgan fingerprint density at radius 1 is 1.31 bits per heavy atom. The van der Waals surface area contributed by atoms with Crippen LogP contribution < -0.4 is 10.1 Å². The van der Waals surface area contributed by atoms with E-state index in [4.69, 9.17) is 14.2 Å². The third kappa shape index (κ3) is 3.60. The zero-order valence-corrected chi connectivity index (χ0v) is 22.3. The van der Waals surface area contributed by atoms with Crippen LogP contribution in [-0.4, -0.2) is 72.1 Å². The molecule has 2 aliphatic carbocycles. The molecule has 1 aromatic rings. The number of phenols is 1. The molecule has 1 saturated carbocycles. The minimum Gasteiger partial charge on any atom is -0.504 e. The minimum atomic E-state index is -0.546. The van der Waals surface area contributed by atoms with Crippen LogP contribution in [0.3, 0.4) is 0 Å². The number of benzene rings is 1. The molecule has 1 spiro atoms. The molecule has 194 valence electrons.